The summed E-state index contributed by atoms with van der Waals surface area (Å²) in [5.41, 5.74) is 5.75. The average molecular weight is 391 g/mol. The highest BCUT2D eigenvalue weighted by molar-refractivity contribution is 7.98. The predicted octanol–water partition coefficient (Wildman–Crippen LogP) is 4.90. The molecule has 0 saturated carbocycles. The molecule has 0 fully saturated rings. The minimum atomic E-state index is -0.331. The van der Waals surface area contributed by atoms with E-state index in [2.05, 4.69) is 54.4 Å². The lowest BCUT2D eigenvalue weighted by Gasteiger charge is -2.10. The molecular weight excluding hydrogens is 370 g/mol. The van der Waals surface area contributed by atoms with Gasteiger partial charge < -0.3 is 4.42 Å². The molecule has 0 radical (unpaired) electrons. The standard InChI is InChI=1S/C22H21N3O2S/c1-13-5-7-18(8-6-13)25-16(4)23-24-22(25)28-12-17-11-21(26)27-20-10-15(3)14(2)9-19(17)20/h5-11H,12H2,1-4H3. The van der Waals surface area contributed by atoms with Crippen molar-refractivity contribution >= 4 is 22.7 Å². The SMILES string of the molecule is Cc1ccc(-n2c(C)nnc2SCc2cc(=O)oc3cc(C)c(C)cc23)cc1. The third-order valence-corrected chi connectivity index (χ3v) is 5.87. The Kier molecular flexibility index (Phi) is 4.81. The molecule has 0 aliphatic rings. The number of rotatable bonds is 4. The Labute approximate surface area is 167 Å². The molecule has 0 bridgehead atoms. The molecule has 0 aliphatic carbocycles. The largest absolute Gasteiger partial charge is 0.423 e. The number of thioether (sulfide) groups is 1. The van der Waals surface area contributed by atoms with E-state index >= 15 is 0 Å². The van der Waals surface area contributed by atoms with E-state index in [1.165, 1.54) is 11.1 Å². The van der Waals surface area contributed by atoms with Gasteiger partial charge in [0.15, 0.2) is 5.16 Å². The summed E-state index contributed by atoms with van der Waals surface area (Å²) in [6.07, 6.45) is 0. The number of benzene rings is 2. The highest BCUT2D eigenvalue weighted by atomic mass is 32.2. The van der Waals surface area contributed by atoms with E-state index in [9.17, 15) is 4.79 Å². The van der Waals surface area contributed by atoms with Gasteiger partial charge in [0.2, 0.25) is 0 Å². The Balaban J connectivity index is 1.70. The minimum Gasteiger partial charge on any atom is -0.423 e. The second-order valence-electron chi connectivity index (χ2n) is 7.01. The number of hydrogen-bond donors (Lipinski definition) is 0. The average Bonchev–Trinajstić information content (AvgIpc) is 3.02. The number of nitrogens with zero attached hydrogens (tertiary/aromatic N) is 3. The van der Waals surface area contributed by atoms with Gasteiger partial charge in [-0.2, -0.15) is 0 Å². The van der Waals surface area contributed by atoms with Crippen LogP contribution in [-0.4, -0.2) is 14.8 Å². The van der Waals surface area contributed by atoms with Crippen LogP contribution in [0.3, 0.4) is 0 Å². The van der Waals surface area contributed by atoms with Gasteiger partial charge in [-0.25, -0.2) is 4.79 Å². The summed E-state index contributed by atoms with van der Waals surface area (Å²) < 4.78 is 7.44. The van der Waals surface area contributed by atoms with Crippen LogP contribution in [0.25, 0.3) is 16.7 Å². The molecule has 0 N–H and O–H groups in total. The molecule has 2 aromatic carbocycles. The summed E-state index contributed by atoms with van der Waals surface area (Å²) in [5.74, 6) is 1.43. The van der Waals surface area contributed by atoms with Crippen molar-refractivity contribution in [2.75, 3.05) is 0 Å². The van der Waals surface area contributed by atoms with E-state index in [-0.39, 0.29) is 5.63 Å². The van der Waals surface area contributed by atoms with Crippen LogP contribution in [-0.2, 0) is 5.75 Å². The normalized spacial score (nSPS) is 11.3. The summed E-state index contributed by atoms with van der Waals surface area (Å²) in [7, 11) is 0. The van der Waals surface area contributed by atoms with Crippen LogP contribution < -0.4 is 5.63 Å². The van der Waals surface area contributed by atoms with Gasteiger partial charge >= 0.3 is 5.63 Å². The smallest absolute Gasteiger partial charge is 0.336 e. The second-order valence-corrected chi connectivity index (χ2v) is 7.96. The molecule has 0 atom stereocenters. The van der Waals surface area contributed by atoms with Crippen molar-refractivity contribution in [3.05, 3.63) is 81.0 Å². The maximum absolute atomic E-state index is 12.0. The zero-order valence-electron chi connectivity index (χ0n) is 16.3. The van der Waals surface area contributed by atoms with Gasteiger partial charge in [-0.3, -0.25) is 4.57 Å². The summed E-state index contributed by atoms with van der Waals surface area (Å²) in [4.78, 5) is 12.0. The second kappa shape index (κ2) is 7.28. The maximum Gasteiger partial charge on any atom is 0.336 e. The Morgan fingerprint density at radius 2 is 1.68 bits per heavy atom. The molecule has 0 saturated heterocycles. The summed E-state index contributed by atoms with van der Waals surface area (Å²) in [6.45, 7) is 8.08. The van der Waals surface area contributed by atoms with Crippen LogP contribution in [0.15, 0.2) is 56.8 Å². The predicted molar refractivity (Wildman–Crippen MR) is 112 cm³/mol. The van der Waals surface area contributed by atoms with Crippen molar-refractivity contribution in [1.82, 2.24) is 14.8 Å². The highest BCUT2D eigenvalue weighted by Crippen LogP contribution is 2.29. The number of hydrogen-bond acceptors (Lipinski definition) is 5. The van der Waals surface area contributed by atoms with Gasteiger partial charge in [-0.15, -0.1) is 10.2 Å². The quantitative estimate of drug-likeness (QED) is 0.366. The van der Waals surface area contributed by atoms with Crippen molar-refractivity contribution in [3.8, 4) is 5.69 Å². The van der Waals surface area contributed by atoms with Crippen LogP contribution in [0.5, 0.6) is 0 Å². The van der Waals surface area contributed by atoms with E-state index in [0.717, 1.165) is 33.2 Å². The summed E-state index contributed by atoms with van der Waals surface area (Å²) in [6, 6.07) is 13.9. The molecule has 2 aromatic heterocycles. The number of fused-ring (bicyclic) bond motifs is 1. The molecule has 4 aromatic rings. The fourth-order valence-corrected chi connectivity index (χ4v) is 4.16. The van der Waals surface area contributed by atoms with Gasteiger partial charge in [0.25, 0.3) is 0 Å². The van der Waals surface area contributed by atoms with Gasteiger partial charge in [0, 0.05) is 22.9 Å². The fraction of sp³-hybridized carbons (Fsp3) is 0.227. The summed E-state index contributed by atoms with van der Waals surface area (Å²) in [5, 5.41) is 10.3. The van der Waals surface area contributed by atoms with Crippen LogP contribution in [0.1, 0.15) is 28.1 Å². The maximum atomic E-state index is 12.0. The van der Waals surface area contributed by atoms with E-state index < -0.39 is 0 Å². The van der Waals surface area contributed by atoms with Crippen LogP contribution in [0.2, 0.25) is 0 Å². The Morgan fingerprint density at radius 3 is 2.43 bits per heavy atom. The first kappa shape index (κ1) is 18.5. The van der Waals surface area contributed by atoms with Crippen LogP contribution in [0, 0.1) is 27.7 Å². The lowest BCUT2D eigenvalue weighted by atomic mass is 10.0. The molecule has 142 valence electrons. The first-order valence-electron chi connectivity index (χ1n) is 9.08. The molecule has 28 heavy (non-hydrogen) atoms. The number of aryl methyl sites for hydroxylation is 4. The third kappa shape index (κ3) is 3.47. The summed E-state index contributed by atoms with van der Waals surface area (Å²) >= 11 is 1.56. The van der Waals surface area contributed by atoms with E-state index in [1.807, 2.05) is 24.5 Å². The number of aromatic nitrogens is 3. The fourth-order valence-electron chi connectivity index (χ4n) is 3.17. The monoisotopic (exact) mass is 391 g/mol. The van der Waals surface area contributed by atoms with Gasteiger partial charge in [-0.05, 0) is 68.7 Å². The molecule has 6 heteroatoms. The van der Waals surface area contributed by atoms with E-state index in [0.29, 0.717) is 11.3 Å². The van der Waals surface area contributed by atoms with Crippen LogP contribution >= 0.6 is 11.8 Å². The zero-order chi connectivity index (χ0) is 19.8. The molecular formula is C22H21N3O2S. The lowest BCUT2D eigenvalue weighted by molar-refractivity contribution is 0.559. The van der Waals surface area contributed by atoms with Crippen LogP contribution in [0.4, 0.5) is 0 Å². The van der Waals surface area contributed by atoms with Gasteiger partial charge in [0.1, 0.15) is 11.4 Å². The van der Waals surface area contributed by atoms with Crippen molar-refractivity contribution in [2.24, 2.45) is 0 Å². The topological polar surface area (TPSA) is 60.9 Å². The van der Waals surface area contributed by atoms with Gasteiger partial charge in [-0.1, -0.05) is 29.5 Å². The van der Waals surface area contributed by atoms with E-state index in [4.69, 9.17) is 4.42 Å². The highest BCUT2D eigenvalue weighted by Gasteiger charge is 2.14. The van der Waals surface area contributed by atoms with Crippen molar-refractivity contribution in [3.63, 3.8) is 0 Å². The van der Waals surface area contributed by atoms with E-state index in [1.54, 1.807) is 17.8 Å². The first-order valence-corrected chi connectivity index (χ1v) is 10.1. The lowest BCUT2D eigenvalue weighted by Crippen LogP contribution is -2.02. The Bertz CT molecular complexity index is 1220. The zero-order valence-corrected chi connectivity index (χ0v) is 17.1. The first-order chi connectivity index (χ1) is 13.4. The van der Waals surface area contributed by atoms with Crippen molar-refractivity contribution in [2.45, 2.75) is 38.6 Å². The molecule has 0 amide bonds. The Hall–Kier alpha value is -2.86. The Morgan fingerprint density at radius 1 is 0.964 bits per heavy atom. The molecule has 2 heterocycles. The molecule has 4 rings (SSSR count). The minimum absolute atomic E-state index is 0.331. The molecule has 0 aliphatic heterocycles. The van der Waals surface area contributed by atoms with Crippen molar-refractivity contribution in [1.29, 1.82) is 0 Å². The molecule has 5 nitrogen and oxygen atoms in total. The molecule has 0 unspecified atom stereocenters. The van der Waals surface area contributed by atoms with Crippen molar-refractivity contribution < 1.29 is 4.42 Å². The molecule has 0 spiro atoms. The van der Waals surface area contributed by atoms with Gasteiger partial charge in [0.05, 0.1) is 0 Å². The third-order valence-electron chi connectivity index (χ3n) is 4.89.